The van der Waals surface area contributed by atoms with Crippen LogP contribution < -0.4 is 9.64 Å². The Morgan fingerprint density at radius 2 is 1.89 bits per heavy atom. The van der Waals surface area contributed by atoms with Gasteiger partial charge in [-0.25, -0.2) is 4.79 Å². The first kappa shape index (κ1) is 27.6. The highest BCUT2D eigenvalue weighted by molar-refractivity contribution is 7.20. The van der Waals surface area contributed by atoms with Crippen molar-refractivity contribution in [1.82, 2.24) is 0 Å². The number of halogens is 3. The number of urea groups is 1. The maximum Gasteiger partial charge on any atom is 0.573 e. The second-order valence-corrected chi connectivity index (χ2v) is 10.1. The molecule has 2 heterocycles. The molecule has 7 nitrogen and oxygen atoms in total. The Labute approximate surface area is 222 Å². The van der Waals surface area contributed by atoms with Gasteiger partial charge in [0.2, 0.25) is 0 Å². The molecule has 3 aromatic rings. The molecule has 11 heteroatoms. The van der Waals surface area contributed by atoms with E-state index in [1.165, 1.54) is 41.5 Å². The summed E-state index contributed by atoms with van der Waals surface area (Å²) in [7, 11) is 1.49. The van der Waals surface area contributed by atoms with E-state index in [-0.39, 0.29) is 31.9 Å². The molecule has 0 saturated carbocycles. The third-order valence-electron chi connectivity index (χ3n) is 6.26. The lowest BCUT2D eigenvalue weighted by Gasteiger charge is -2.44. The number of carbonyl (C=O) groups excluding carboxylic acids is 2. The second kappa shape index (κ2) is 10.8. The van der Waals surface area contributed by atoms with E-state index in [0.29, 0.717) is 27.4 Å². The third-order valence-corrected chi connectivity index (χ3v) is 7.66. The van der Waals surface area contributed by atoms with Gasteiger partial charge in [-0.05, 0) is 49.1 Å². The number of hydrogen-bond donors (Lipinski definition) is 0. The van der Waals surface area contributed by atoms with Crippen molar-refractivity contribution >= 4 is 28.3 Å². The van der Waals surface area contributed by atoms with Crippen molar-refractivity contribution in [1.29, 1.82) is 0 Å². The topological polar surface area (TPSA) is 78.9 Å². The van der Waals surface area contributed by atoms with Crippen molar-refractivity contribution in [2.24, 2.45) is 0 Å². The smallest absolute Gasteiger partial charge is 0.573 e. The minimum Gasteiger partial charge on any atom is -0.624 e. The van der Waals surface area contributed by atoms with Crippen molar-refractivity contribution in [2.75, 3.05) is 25.1 Å². The fraction of sp³-hybridized carbons (Fsp3) is 0.333. The van der Waals surface area contributed by atoms with E-state index in [9.17, 15) is 28.0 Å². The van der Waals surface area contributed by atoms with Crippen molar-refractivity contribution < 1.29 is 36.9 Å². The molecular weight excluding hydrogens is 521 g/mol. The summed E-state index contributed by atoms with van der Waals surface area (Å²) < 4.78 is 46.4. The Balaban J connectivity index is 1.79. The van der Waals surface area contributed by atoms with Crippen LogP contribution in [-0.4, -0.2) is 43.2 Å². The number of hydroxylamine groups is 3. The fourth-order valence-electron chi connectivity index (χ4n) is 4.45. The molecule has 0 radical (unpaired) electrons. The number of esters is 1. The van der Waals surface area contributed by atoms with Gasteiger partial charge in [-0.1, -0.05) is 42.0 Å². The summed E-state index contributed by atoms with van der Waals surface area (Å²) in [5, 5.41) is 14.3. The number of anilines is 1. The quantitative estimate of drug-likeness (QED) is 0.181. The molecule has 0 saturated heterocycles. The Hall–Kier alpha value is -3.41. The summed E-state index contributed by atoms with van der Waals surface area (Å²) in [6.07, 6.45) is -4.66. The van der Waals surface area contributed by atoms with E-state index < -0.39 is 23.0 Å². The zero-order valence-electron chi connectivity index (χ0n) is 21.1. The molecule has 1 aliphatic heterocycles. The number of amides is 2. The van der Waals surface area contributed by atoms with Crippen LogP contribution in [0.3, 0.4) is 0 Å². The highest BCUT2D eigenvalue weighted by Crippen LogP contribution is 2.47. The van der Waals surface area contributed by atoms with Crippen LogP contribution in [0.5, 0.6) is 5.75 Å². The van der Waals surface area contributed by atoms with Gasteiger partial charge in [0.15, 0.2) is 0 Å². The van der Waals surface area contributed by atoms with Gasteiger partial charge in [-0.2, -0.15) is 0 Å². The number of aryl methyl sites for hydroxylation is 1. The van der Waals surface area contributed by atoms with Gasteiger partial charge in [0.1, 0.15) is 17.3 Å². The number of carbonyl (C=O) groups is 2. The Morgan fingerprint density at radius 3 is 2.55 bits per heavy atom. The van der Waals surface area contributed by atoms with Crippen LogP contribution >= 0.6 is 11.3 Å². The van der Waals surface area contributed by atoms with Crippen LogP contribution in [0.1, 0.15) is 35.6 Å². The molecule has 0 fully saturated rings. The van der Waals surface area contributed by atoms with Crippen LogP contribution in [0.15, 0.2) is 48.5 Å². The van der Waals surface area contributed by atoms with Crippen LogP contribution in [0.4, 0.5) is 23.0 Å². The van der Waals surface area contributed by atoms with Crippen LogP contribution in [-0.2, 0) is 22.5 Å². The average Bonchev–Trinajstić information content (AvgIpc) is 3.20. The molecule has 1 aliphatic rings. The maximum absolute atomic E-state index is 13.7. The normalized spacial score (nSPS) is 17.3. The molecule has 1 unspecified atom stereocenters. The zero-order valence-corrected chi connectivity index (χ0v) is 21.9. The van der Waals surface area contributed by atoms with E-state index in [1.807, 2.05) is 31.2 Å². The molecule has 2 amide bonds. The van der Waals surface area contributed by atoms with Gasteiger partial charge < -0.3 is 14.7 Å². The predicted octanol–water partition coefficient (Wildman–Crippen LogP) is 6.55. The standard InChI is InChI=1S/C27H27F3N2O5S/c1-4-36-23(33)12-13-32(35)16-22-21(14-18-10-8-17(2)9-11-18)24(38-25(22)31(3)26(32)34)19-6-5-7-20(15-19)37-27(28,29)30/h5-11,15H,4,12-14,16H2,1-3H3. The number of hydrogen-bond acceptors (Lipinski definition) is 6. The largest absolute Gasteiger partial charge is 0.624 e. The first-order valence-electron chi connectivity index (χ1n) is 12.0. The van der Waals surface area contributed by atoms with Gasteiger partial charge in [-0.3, -0.25) is 14.3 Å². The van der Waals surface area contributed by atoms with Gasteiger partial charge in [-0.15, -0.1) is 24.5 Å². The van der Waals surface area contributed by atoms with Crippen molar-refractivity contribution in [3.63, 3.8) is 0 Å². The minimum atomic E-state index is -4.84. The minimum absolute atomic E-state index is 0.168. The molecule has 0 spiro atoms. The lowest BCUT2D eigenvalue weighted by Crippen LogP contribution is -2.56. The Bertz CT molecular complexity index is 1340. The second-order valence-electron chi connectivity index (χ2n) is 9.10. The molecule has 202 valence electrons. The first-order chi connectivity index (χ1) is 17.9. The number of fused-ring (bicyclic) bond motifs is 1. The Morgan fingerprint density at radius 1 is 1.18 bits per heavy atom. The number of alkyl halides is 3. The zero-order chi connectivity index (χ0) is 27.7. The van der Waals surface area contributed by atoms with Crippen molar-refractivity contribution in [3.05, 3.63) is 76.0 Å². The predicted molar refractivity (Wildman–Crippen MR) is 138 cm³/mol. The summed E-state index contributed by atoms with van der Waals surface area (Å²) in [4.78, 5) is 27.0. The molecule has 1 aromatic heterocycles. The lowest BCUT2D eigenvalue weighted by molar-refractivity contribution is -0.812. The van der Waals surface area contributed by atoms with Crippen LogP contribution in [0, 0.1) is 12.1 Å². The molecule has 4 rings (SSSR count). The van der Waals surface area contributed by atoms with E-state index in [2.05, 4.69) is 4.74 Å². The monoisotopic (exact) mass is 548 g/mol. The van der Waals surface area contributed by atoms with Gasteiger partial charge in [0.25, 0.3) is 0 Å². The van der Waals surface area contributed by atoms with E-state index in [1.54, 1.807) is 13.0 Å². The maximum atomic E-state index is 13.7. The highest BCUT2D eigenvalue weighted by atomic mass is 32.1. The molecule has 0 N–H and O–H groups in total. The number of ether oxygens (including phenoxy) is 2. The fourth-order valence-corrected chi connectivity index (χ4v) is 5.73. The third kappa shape index (κ3) is 6.01. The lowest BCUT2D eigenvalue weighted by atomic mass is 9.96. The van der Waals surface area contributed by atoms with E-state index >= 15 is 0 Å². The number of quaternary nitrogens is 1. The SMILES string of the molecule is CCOC(=O)CC[N+]1([O-])Cc2c(sc(-c3cccc(OC(F)(F)F)c3)c2Cc2ccc(C)cc2)N(C)C1=O. The first-order valence-corrected chi connectivity index (χ1v) is 12.8. The van der Waals surface area contributed by atoms with Crippen LogP contribution in [0.25, 0.3) is 10.4 Å². The summed E-state index contributed by atoms with van der Waals surface area (Å²) >= 11 is 1.24. The number of rotatable bonds is 8. The molecule has 0 bridgehead atoms. The van der Waals surface area contributed by atoms with Crippen molar-refractivity contribution in [2.45, 2.75) is 39.6 Å². The van der Waals surface area contributed by atoms with Gasteiger partial charge >= 0.3 is 18.4 Å². The van der Waals surface area contributed by atoms with Gasteiger partial charge in [0.05, 0.1) is 19.6 Å². The van der Waals surface area contributed by atoms with Crippen LogP contribution in [0.2, 0.25) is 0 Å². The molecular formula is C27H27F3N2O5S. The number of nitrogens with zero attached hydrogens (tertiary/aromatic N) is 2. The molecule has 0 aliphatic carbocycles. The summed E-state index contributed by atoms with van der Waals surface area (Å²) in [5.41, 5.74) is 3.86. The highest BCUT2D eigenvalue weighted by Gasteiger charge is 2.42. The average molecular weight is 549 g/mol. The van der Waals surface area contributed by atoms with E-state index in [4.69, 9.17) is 4.74 Å². The number of benzene rings is 2. The summed E-state index contributed by atoms with van der Waals surface area (Å²) in [6.45, 7) is 3.30. The molecule has 2 aromatic carbocycles. The summed E-state index contributed by atoms with van der Waals surface area (Å²) in [5.74, 6) is -0.926. The molecule has 38 heavy (non-hydrogen) atoms. The summed E-state index contributed by atoms with van der Waals surface area (Å²) in [6, 6.07) is 12.7. The van der Waals surface area contributed by atoms with Gasteiger partial charge in [0, 0.05) is 17.5 Å². The van der Waals surface area contributed by atoms with Crippen molar-refractivity contribution in [3.8, 4) is 16.2 Å². The van der Waals surface area contributed by atoms with E-state index in [0.717, 1.165) is 16.7 Å². The number of thiophene rings is 1. The molecule has 1 atom stereocenters. The Kier molecular flexibility index (Phi) is 7.82.